The zero-order valence-corrected chi connectivity index (χ0v) is 13.9. The zero-order valence-electron chi connectivity index (χ0n) is 13.9. The summed E-state index contributed by atoms with van der Waals surface area (Å²) in [4.78, 5) is 22.7. The second kappa shape index (κ2) is 8.93. The Morgan fingerprint density at radius 1 is 1.25 bits per heavy atom. The number of esters is 1. The van der Waals surface area contributed by atoms with Crippen LogP contribution in [0.25, 0.3) is 0 Å². The maximum Gasteiger partial charge on any atom is 0.303 e. The van der Waals surface area contributed by atoms with Crippen molar-refractivity contribution < 1.29 is 14.3 Å². The quantitative estimate of drug-likeness (QED) is 0.463. The molecule has 0 fully saturated rings. The van der Waals surface area contributed by atoms with E-state index in [1.807, 2.05) is 6.08 Å². The molecule has 0 aromatic carbocycles. The fraction of sp³-hybridized carbons (Fsp3) is 0.765. The fourth-order valence-electron chi connectivity index (χ4n) is 1.98. The van der Waals surface area contributed by atoms with Gasteiger partial charge in [-0.1, -0.05) is 38.3 Å². The Morgan fingerprint density at radius 2 is 1.85 bits per heavy atom. The molecule has 0 rings (SSSR count). The Bertz CT molecular complexity index is 357. The lowest BCUT2D eigenvalue weighted by Crippen LogP contribution is -2.37. The lowest BCUT2D eigenvalue weighted by molar-refractivity contribution is -0.162. The number of hydrogen-bond donors (Lipinski definition) is 0. The molecule has 0 spiro atoms. The zero-order chi connectivity index (χ0) is 15.8. The molecule has 0 bridgehead atoms. The van der Waals surface area contributed by atoms with Gasteiger partial charge in [0.05, 0.1) is 0 Å². The maximum atomic E-state index is 11.6. The molecule has 0 heterocycles. The van der Waals surface area contributed by atoms with E-state index >= 15 is 0 Å². The maximum absolute atomic E-state index is 11.6. The van der Waals surface area contributed by atoms with Crippen molar-refractivity contribution in [3.8, 4) is 0 Å². The number of Topliss-reactive ketones (excluding diaryl/α,β-unsaturated/α-hetero) is 1. The number of carbonyl (C=O) groups is 2. The predicted octanol–water partition coefficient (Wildman–Crippen LogP) is 4.45. The van der Waals surface area contributed by atoms with Crippen molar-refractivity contribution in [2.45, 2.75) is 79.2 Å². The van der Waals surface area contributed by atoms with Gasteiger partial charge in [-0.3, -0.25) is 9.59 Å². The molecule has 20 heavy (non-hydrogen) atoms. The summed E-state index contributed by atoms with van der Waals surface area (Å²) in [5.74, 6) is 0.244. The van der Waals surface area contributed by atoms with E-state index < -0.39 is 11.6 Å². The first-order chi connectivity index (χ1) is 9.21. The summed E-state index contributed by atoms with van der Waals surface area (Å²) in [6.07, 6.45) is 7.14. The average Bonchev–Trinajstić information content (AvgIpc) is 2.35. The van der Waals surface area contributed by atoms with Crippen molar-refractivity contribution in [1.29, 1.82) is 0 Å². The van der Waals surface area contributed by atoms with Gasteiger partial charge in [0, 0.05) is 13.3 Å². The van der Waals surface area contributed by atoms with Crippen LogP contribution in [0.15, 0.2) is 11.6 Å². The molecule has 1 unspecified atom stereocenters. The third kappa shape index (κ3) is 7.46. The Balaban J connectivity index is 4.41. The molecule has 0 aliphatic heterocycles. The van der Waals surface area contributed by atoms with E-state index in [-0.39, 0.29) is 5.78 Å². The molecule has 0 amide bonds. The van der Waals surface area contributed by atoms with E-state index in [0.29, 0.717) is 6.42 Å². The van der Waals surface area contributed by atoms with Crippen LogP contribution in [0.5, 0.6) is 0 Å². The van der Waals surface area contributed by atoms with E-state index in [1.54, 1.807) is 6.92 Å². The Kier molecular flexibility index (Phi) is 8.43. The number of allylic oxidation sites excluding steroid dienone is 1. The summed E-state index contributed by atoms with van der Waals surface area (Å²) in [5.41, 5.74) is 0.233. The Labute approximate surface area is 123 Å². The third-order valence-electron chi connectivity index (χ3n) is 3.92. The molecule has 3 nitrogen and oxygen atoms in total. The van der Waals surface area contributed by atoms with Crippen LogP contribution >= 0.6 is 0 Å². The van der Waals surface area contributed by atoms with Crippen LogP contribution in [0.3, 0.4) is 0 Å². The molecule has 0 saturated heterocycles. The molecular weight excluding hydrogens is 252 g/mol. The number of carbonyl (C=O) groups excluding carboxylic acids is 2. The molecule has 0 N–H and O–H groups in total. The molecule has 0 aliphatic rings. The van der Waals surface area contributed by atoms with E-state index in [0.717, 1.165) is 12.3 Å². The molecular formula is C17H30O3. The highest BCUT2D eigenvalue weighted by atomic mass is 16.6. The van der Waals surface area contributed by atoms with Gasteiger partial charge >= 0.3 is 5.97 Å². The summed E-state index contributed by atoms with van der Waals surface area (Å²) >= 11 is 0. The number of ketones is 1. The van der Waals surface area contributed by atoms with Gasteiger partial charge in [0.1, 0.15) is 0 Å². The average molecular weight is 282 g/mol. The standard InChI is InChI=1S/C17H30O3/c1-7-13(2)9-8-10-14(3)11-12-17(6,15(4)18)20-16(5)19/h11,13H,7-10,12H2,1-6H3/b14-11-/t13-,17?/m1/s1. The predicted molar refractivity (Wildman–Crippen MR) is 82.5 cm³/mol. The van der Waals surface area contributed by atoms with Crippen LogP contribution in [-0.2, 0) is 14.3 Å². The minimum Gasteiger partial charge on any atom is -0.451 e. The fourth-order valence-corrected chi connectivity index (χ4v) is 1.98. The third-order valence-corrected chi connectivity index (χ3v) is 3.92. The monoisotopic (exact) mass is 282 g/mol. The van der Waals surface area contributed by atoms with Crippen LogP contribution in [0.1, 0.15) is 73.6 Å². The number of ether oxygens (including phenoxy) is 1. The highest BCUT2D eigenvalue weighted by Gasteiger charge is 2.31. The van der Waals surface area contributed by atoms with Crippen LogP contribution < -0.4 is 0 Å². The second-order valence-electron chi connectivity index (χ2n) is 6.04. The van der Waals surface area contributed by atoms with Crippen molar-refractivity contribution in [2.75, 3.05) is 0 Å². The van der Waals surface area contributed by atoms with E-state index in [1.165, 1.54) is 38.7 Å². The van der Waals surface area contributed by atoms with Crippen LogP contribution in [0, 0.1) is 5.92 Å². The lowest BCUT2D eigenvalue weighted by Gasteiger charge is -2.25. The summed E-state index contributed by atoms with van der Waals surface area (Å²) in [7, 11) is 0. The molecule has 0 saturated carbocycles. The molecule has 0 radical (unpaired) electrons. The minimum absolute atomic E-state index is 0.114. The molecule has 0 aromatic rings. The van der Waals surface area contributed by atoms with Gasteiger partial charge in [-0.15, -0.1) is 0 Å². The van der Waals surface area contributed by atoms with Crippen LogP contribution in [-0.4, -0.2) is 17.4 Å². The first-order valence-electron chi connectivity index (χ1n) is 7.57. The topological polar surface area (TPSA) is 43.4 Å². The van der Waals surface area contributed by atoms with Gasteiger partial charge in [0.25, 0.3) is 0 Å². The number of rotatable bonds is 9. The van der Waals surface area contributed by atoms with Gasteiger partial charge in [0.2, 0.25) is 0 Å². The van der Waals surface area contributed by atoms with Crippen LogP contribution in [0.2, 0.25) is 0 Å². The van der Waals surface area contributed by atoms with E-state index in [4.69, 9.17) is 4.74 Å². The SMILES string of the molecule is CC[C@@H](C)CCC/C(C)=C\CC(C)(OC(C)=O)C(C)=O. The normalized spacial score (nSPS) is 16.4. The highest BCUT2D eigenvalue weighted by Crippen LogP contribution is 2.21. The molecule has 3 heteroatoms. The summed E-state index contributed by atoms with van der Waals surface area (Å²) < 4.78 is 5.18. The van der Waals surface area contributed by atoms with Gasteiger partial charge in [-0.2, -0.15) is 0 Å². The van der Waals surface area contributed by atoms with Crippen LogP contribution in [0.4, 0.5) is 0 Å². The molecule has 0 aromatic heterocycles. The first-order valence-corrected chi connectivity index (χ1v) is 7.57. The smallest absolute Gasteiger partial charge is 0.303 e. The first kappa shape index (κ1) is 18.9. The highest BCUT2D eigenvalue weighted by molar-refractivity contribution is 5.87. The second-order valence-corrected chi connectivity index (χ2v) is 6.04. The summed E-state index contributed by atoms with van der Waals surface area (Å²) in [6, 6.07) is 0. The van der Waals surface area contributed by atoms with Gasteiger partial charge in [-0.05, 0) is 39.5 Å². The van der Waals surface area contributed by atoms with Gasteiger partial charge < -0.3 is 4.74 Å². The van der Waals surface area contributed by atoms with Gasteiger partial charge in [0.15, 0.2) is 11.4 Å². The Morgan fingerprint density at radius 3 is 2.30 bits per heavy atom. The van der Waals surface area contributed by atoms with Crippen molar-refractivity contribution in [1.82, 2.24) is 0 Å². The van der Waals surface area contributed by atoms with E-state index in [2.05, 4.69) is 20.8 Å². The molecule has 116 valence electrons. The van der Waals surface area contributed by atoms with Crippen molar-refractivity contribution >= 4 is 11.8 Å². The summed E-state index contributed by atoms with van der Waals surface area (Å²) in [5, 5.41) is 0. The number of hydrogen-bond acceptors (Lipinski definition) is 3. The van der Waals surface area contributed by atoms with Crippen molar-refractivity contribution in [3.05, 3.63) is 11.6 Å². The Hall–Kier alpha value is -1.12. The van der Waals surface area contributed by atoms with Crippen molar-refractivity contribution in [2.24, 2.45) is 5.92 Å². The molecule has 2 atom stereocenters. The lowest BCUT2D eigenvalue weighted by atomic mass is 9.94. The largest absolute Gasteiger partial charge is 0.451 e. The van der Waals surface area contributed by atoms with E-state index in [9.17, 15) is 9.59 Å². The van der Waals surface area contributed by atoms with Gasteiger partial charge in [-0.25, -0.2) is 0 Å². The molecule has 0 aliphatic carbocycles. The minimum atomic E-state index is -1.02. The van der Waals surface area contributed by atoms with Crippen molar-refractivity contribution in [3.63, 3.8) is 0 Å². The summed E-state index contributed by atoms with van der Waals surface area (Å²) in [6.45, 7) is 11.0.